The van der Waals surface area contributed by atoms with Crippen LogP contribution in [-0.4, -0.2) is 35.3 Å². The number of nitrogens with one attached hydrogen (secondary N) is 1. The van der Waals surface area contributed by atoms with Crippen molar-refractivity contribution in [1.82, 2.24) is 20.5 Å². The lowest BCUT2D eigenvalue weighted by atomic mass is 10.1. The Morgan fingerprint density at radius 3 is 2.79 bits per heavy atom. The van der Waals surface area contributed by atoms with E-state index in [0.29, 0.717) is 24.6 Å². The second kappa shape index (κ2) is 9.32. The first-order chi connectivity index (χ1) is 13.6. The Morgan fingerprint density at radius 1 is 1.25 bits per heavy atom. The fourth-order valence-electron chi connectivity index (χ4n) is 2.69. The first-order valence-electron chi connectivity index (χ1n) is 8.80. The maximum absolute atomic E-state index is 12.1. The topological polar surface area (TPSA) is 99.4 Å². The van der Waals surface area contributed by atoms with Gasteiger partial charge in [-0.2, -0.15) is 0 Å². The van der Waals surface area contributed by atoms with E-state index in [4.69, 9.17) is 13.9 Å². The number of nitrogens with zero attached hydrogens (tertiary/aromatic N) is 3. The molecule has 0 radical (unpaired) electrons. The molecule has 3 rings (SSSR count). The third-order valence-electron chi connectivity index (χ3n) is 4.10. The third kappa shape index (κ3) is 5.07. The Kier molecular flexibility index (Phi) is 6.59. The fraction of sp³-hybridized carbons (Fsp3) is 0.368. The smallest absolute Gasteiger partial charge is 0.221 e. The zero-order valence-corrected chi connectivity index (χ0v) is 16.8. The molecule has 0 fully saturated rings. The van der Waals surface area contributed by atoms with Gasteiger partial charge in [0, 0.05) is 30.0 Å². The second-order valence-corrected chi connectivity index (χ2v) is 7.03. The quantitative estimate of drug-likeness (QED) is 0.587. The fourth-order valence-corrected chi connectivity index (χ4v) is 3.33. The molecular formula is C19H22N4O4S. The number of benzene rings is 1. The number of ether oxygens (including phenoxy) is 2. The second-order valence-electron chi connectivity index (χ2n) is 6.10. The lowest BCUT2D eigenvalue weighted by molar-refractivity contribution is -0.121. The van der Waals surface area contributed by atoms with Crippen LogP contribution in [0.4, 0.5) is 0 Å². The molecule has 0 bridgehead atoms. The molecule has 3 aromatic rings. The van der Waals surface area contributed by atoms with E-state index < -0.39 is 0 Å². The number of carbonyl (C=O) groups is 1. The average molecular weight is 402 g/mol. The number of carbonyl (C=O) groups excluding carboxylic acids is 1. The summed E-state index contributed by atoms with van der Waals surface area (Å²) in [4.78, 5) is 16.3. The summed E-state index contributed by atoms with van der Waals surface area (Å²) < 4.78 is 16.3. The zero-order valence-electron chi connectivity index (χ0n) is 16.0. The predicted octanol–water partition coefficient (Wildman–Crippen LogP) is 2.94. The molecule has 2 aromatic heterocycles. The van der Waals surface area contributed by atoms with Gasteiger partial charge >= 0.3 is 0 Å². The SMILES string of the molecule is COc1ccc(OC)c(Cc2nnc(CCC(=O)N[C@@H](C)c3nccs3)o2)c1. The molecule has 1 N–H and O–H groups in total. The van der Waals surface area contributed by atoms with Crippen LogP contribution in [0, 0.1) is 0 Å². The summed E-state index contributed by atoms with van der Waals surface area (Å²) in [6.45, 7) is 1.91. The van der Waals surface area contributed by atoms with Gasteiger partial charge in [-0.1, -0.05) is 0 Å². The van der Waals surface area contributed by atoms with E-state index in [9.17, 15) is 4.79 Å². The number of methoxy groups -OCH3 is 2. The van der Waals surface area contributed by atoms with Crippen LogP contribution in [0.1, 0.15) is 41.7 Å². The van der Waals surface area contributed by atoms with Gasteiger partial charge in [0.2, 0.25) is 17.7 Å². The van der Waals surface area contributed by atoms with E-state index >= 15 is 0 Å². The number of amides is 1. The van der Waals surface area contributed by atoms with Crippen molar-refractivity contribution in [2.24, 2.45) is 0 Å². The van der Waals surface area contributed by atoms with Crippen molar-refractivity contribution in [1.29, 1.82) is 0 Å². The third-order valence-corrected chi connectivity index (χ3v) is 5.06. The Morgan fingerprint density at radius 2 is 2.07 bits per heavy atom. The van der Waals surface area contributed by atoms with Crippen molar-refractivity contribution >= 4 is 17.2 Å². The highest BCUT2D eigenvalue weighted by Crippen LogP contribution is 2.26. The average Bonchev–Trinajstić information content (AvgIpc) is 3.38. The van der Waals surface area contributed by atoms with Crippen LogP contribution in [0.5, 0.6) is 11.5 Å². The maximum atomic E-state index is 12.1. The first kappa shape index (κ1) is 19.8. The molecule has 0 saturated heterocycles. The summed E-state index contributed by atoms with van der Waals surface area (Å²) in [5, 5.41) is 13.8. The van der Waals surface area contributed by atoms with Crippen LogP contribution in [0.2, 0.25) is 0 Å². The van der Waals surface area contributed by atoms with Crippen molar-refractivity contribution in [3.8, 4) is 11.5 Å². The highest BCUT2D eigenvalue weighted by Gasteiger charge is 2.15. The minimum Gasteiger partial charge on any atom is -0.497 e. The van der Waals surface area contributed by atoms with E-state index in [0.717, 1.165) is 22.1 Å². The molecule has 28 heavy (non-hydrogen) atoms. The van der Waals surface area contributed by atoms with E-state index in [-0.39, 0.29) is 18.4 Å². The summed E-state index contributed by atoms with van der Waals surface area (Å²) in [6.07, 6.45) is 2.78. The van der Waals surface area contributed by atoms with Gasteiger partial charge < -0.3 is 19.2 Å². The van der Waals surface area contributed by atoms with Gasteiger partial charge in [-0.05, 0) is 25.1 Å². The minimum absolute atomic E-state index is 0.0862. The van der Waals surface area contributed by atoms with E-state index in [1.54, 1.807) is 20.4 Å². The highest BCUT2D eigenvalue weighted by molar-refractivity contribution is 7.09. The standard InChI is InChI=1S/C19H22N4O4S/c1-12(19-20-8-9-28-19)21-16(24)6-7-17-22-23-18(27-17)11-13-10-14(25-2)4-5-15(13)26-3/h4-5,8-10,12H,6-7,11H2,1-3H3,(H,21,24)/t12-/m0/s1. The van der Waals surface area contributed by atoms with E-state index in [1.807, 2.05) is 30.5 Å². The largest absolute Gasteiger partial charge is 0.497 e. The minimum atomic E-state index is -0.119. The Balaban J connectivity index is 1.55. The van der Waals surface area contributed by atoms with E-state index in [2.05, 4.69) is 20.5 Å². The van der Waals surface area contributed by atoms with Gasteiger partial charge in [0.25, 0.3) is 0 Å². The summed E-state index contributed by atoms with van der Waals surface area (Å²) in [5.41, 5.74) is 0.882. The van der Waals surface area contributed by atoms with Crippen LogP contribution in [-0.2, 0) is 17.6 Å². The van der Waals surface area contributed by atoms with Gasteiger partial charge in [0.15, 0.2) is 0 Å². The number of hydrogen-bond acceptors (Lipinski definition) is 8. The lowest BCUT2D eigenvalue weighted by Crippen LogP contribution is -2.26. The van der Waals surface area contributed by atoms with Gasteiger partial charge in [-0.15, -0.1) is 21.5 Å². The summed E-state index contributed by atoms with van der Waals surface area (Å²) >= 11 is 1.51. The molecule has 8 nitrogen and oxygen atoms in total. The first-order valence-corrected chi connectivity index (χ1v) is 9.68. The lowest BCUT2D eigenvalue weighted by Gasteiger charge is -2.10. The van der Waals surface area contributed by atoms with Gasteiger partial charge in [-0.25, -0.2) is 4.98 Å². The van der Waals surface area contributed by atoms with Crippen LogP contribution >= 0.6 is 11.3 Å². The molecule has 1 aromatic carbocycles. The van der Waals surface area contributed by atoms with Crippen LogP contribution in [0.3, 0.4) is 0 Å². The molecule has 2 heterocycles. The molecule has 9 heteroatoms. The Hall–Kier alpha value is -2.94. The van der Waals surface area contributed by atoms with Crippen molar-refractivity contribution in [2.75, 3.05) is 14.2 Å². The molecule has 1 amide bonds. The Bertz CT molecular complexity index is 911. The van der Waals surface area contributed by atoms with Crippen LogP contribution in [0.25, 0.3) is 0 Å². The number of aromatic nitrogens is 3. The molecule has 0 aliphatic carbocycles. The van der Waals surface area contributed by atoms with Crippen molar-refractivity contribution in [2.45, 2.75) is 32.2 Å². The molecular weight excluding hydrogens is 380 g/mol. The Labute approximate surface area is 166 Å². The maximum Gasteiger partial charge on any atom is 0.221 e. The van der Waals surface area contributed by atoms with Gasteiger partial charge in [0.05, 0.1) is 26.7 Å². The molecule has 1 atom stereocenters. The number of hydrogen-bond donors (Lipinski definition) is 1. The predicted molar refractivity (Wildman–Crippen MR) is 104 cm³/mol. The van der Waals surface area contributed by atoms with Crippen LogP contribution in [0.15, 0.2) is 34.2 Å². The summed E-state index contributed by atoms with van der Waals surface area (Å²) in [7, 11) is 3.21. The summed E-state index contributed by atoms with van der Waals surface area (Å²) in [5.74, 6) is 2.24. The molecule has 0 aliphatic rings. The van der Waals surface area contributed by atoms with Crippen molar-refractivity contribution in [3.63, 3.8) is 0 Å². The van der Waals surface area contributed by atoms with E-state index in [1.165, 1.54) is 11.3 Å². The normalized spacial score (nSPS) is 11.8. The van der Waals surface area contributed by atoms with Gasteiger partial charge in [-0.3, -0.25) is 4.79 Å². The number of rotatable bonds is 9. The zero-order chi connectivity index (χ0) is 19.9. The molecule has 0 aliphatic heterocycles. The van der Waals surface area contributed by atoms with Crippen molar-refractivity contribution in [3.05, 3.63) is 52.1 Å². The number of aryl methyl sites for hydroxylation is 1. The molecule has 0 saturated carbocycles. The van der Waals surface area contributed by atoms with Crippen LogP contribution < -0.4 is 14.8 Å². The molecule has 0 spiro atoms. The molecule has 148 valence electrons. The number of thiazole rings is 1. The van der Waals surface area contributed by atoms with Crippen molar-refractivity contribution < 1.29 is 18.7 Å². The highest BCUT2D eigenvalue weighted by atomic mass is 32.1. The molecule has 0 unspecified atom stereocenters. The summed E-state index contributed by atoms with van der Waals surface area (Å²) in [6, 6.07) is 5.41. The monoisotopic (exact) mass is 402 g/mol. The van der Waals surface area contributed by atoms with Gasteiger partial charge in [0.1, 0.15) is 16.5 Å².